The van der Waals surface area contributed by atoms with Gasteiger partial charge in [0.1, 0.15) is 18.1 Å². The van der Waals surface area contributed by atoms with Crippen molar-refractivity contribution in [1.29, 1.82) is 0 Å². The highest BCUT2D eigenvalue weighted by Crippen LogP contribution is 2.32. The molecule has 90 valence electrons. The summed E-state index contributed by atoms with van der Waals surface area (Å²) in [5.74, 6) is 0.819. The van der Waals surface area contributed by atoms with Crippen molar-refractivity contribution in [3.8, 4) is 11.3 Å². The highest BCUT2D eigenvalue weighted by molar-refractivity contribution is 5.71. The van der Waals surface area contributed by atoms with Crippen molar-refractivity contribution in [1.82, 2.24) is 14.5 Å². The molecule has 0 atom stereocenters. The average Bonchev–Trinajstić information content (AvgIpc) is 3.07. The minimum atomic E-state index is 0.800. The van der Waals surface area contributed by atoms with Gasteiger partial charge in [-0.05, 0) is 18.2 Å². The molecule has 4 aromatic rings. The van der Waals surface area contributed by atoms with Gasteiger partial charge in [0.05, 0.1) is 6.54 Å². The number of oxazole rings is 1. The first kappa shape index (κ1) is 9.27. The summed E-state index contributed by atoms with van der Waals surface area (Å²) in [6, 6.07) is 5.87. The highest BCUT2D eigenvalue weighted by atomic mass is 16.4. The first-order valence-electron chi connectivity index (χ1n) is 6.13. The summed E-state index contributed by atoms with van der Waals surface area (Å²) in [7, 11) is 0. The van der Waals surface area contributed by atoms with Crippen molar-refractivity contribution in [3.05, 3.63) is 48.5 Å². The maximum absolute atomic E-state index is 5.91. The van der Waals surface area contributed by atoms with Gasteiger partial charge in [-0.25, -0.2) is 4.57 Å². The van der Waals surface area contributed by atoms with Gasteiger partial charge in [0.15, 0.2) is 0 Å². The van der Waals surface area contributed by atoms with Gasteiger partial charge in [-0.3, -0.25) is 4.98 Å². The Labute approximate surface area is 107 Å². The summed E-state index contributed by atoms with van der Waals surface area (Å²) in [5, 5.41) is 0. The van der Waals surface area contributed by atoms with Gasteiger partial charge < -0.3 is 4.42 Å². The van der Waals surface area contributed by atoms with Crippen molar-refractivity contribution < 1.29 is 8.82 Å². The molecule has 5 nitrogen and oxygen atoms in total. The van der Waals surface area contributed by atoms with Crippen molar-refractivity contribution in [2.75, 3.05) is 0 Å². The third-order valence-electron chi connectivity index (χ3n) is 3.67. The van der Waals surface area contributed by atoms with E-state index in [4.69, 9.17) is 4.42 Å². The lowest BCUT2D eigenvalue weighted by Gasteiger charge is -1.91. The molecule has 0 unspecified atom stereocenters. The van der Waals surface area contributed by atoms with Crippen molar-refractivity contribution >= 4 is 17.1 Å². The first-order valence-corrected chi connectivity index (χ1v) is 6.13. The molecule has 5 heteroatoms. The number of hydrogen-bond acceptors (Lipinski definition) is 3. The van der Waals surface area contributed by atoms with E-state index in [1.807, 2.05) is 35.0 Å². The highest BCUT2D eigenvalue weighted by Gasteiger charge is 2.30. The molecule has 0 spiro atoms. The zero-order valence-corrected chi connectivity index (χ0v) is 9.95. The number of aromatic nitrogens is 4. The average molecular weight is 249 g/mol. The molecule has 19 heavy (non-hydrogen) atoms. The minimum Gasteiger partial charge on any atom is -0.396 e. The van der Waals surface area contributed by atoms with Crippen molar-refractivity contribution in [2.24, 2.45) is 0 Å². The number of rotatable bonds is 0. The Kier molecular flexibility index (Phi) is 1.46. The van der Waals surface area contributed by atoms with Crippen LogP contribution in [0.5, 0.6) is 0 Å². The third kappa shape index (κ3) is 1.03. The fourth-order valence-electron chi connectivity index (χ4n) is 2.82. The van der Waals surface area contributed by atoms with Crippen LogP contribution in [-0.2, 0) is 6.54 Å². The molecule has 0 saturated heterocycles. The Morgan fingerprint density at radius 3 is 3.26 bits per heavy atom. The van der Waals surface area contributed by atoms with Gasteiger partial charge >= 0.3 is 11.5 Å². The molecule has 5 heterocycles. The van der Waals surface area contributed by atoms with Gasteiger partial charge in [-0.15, -0.1) is 4.98 Å². The van der Waals surface area contributed by atoms with Crippen LogP contribution in [0.3, 0.4) is 0 Å². The van der Waals surface area contributed by atoms with Crippen LogP contribution in [0.4, 0.5) is 0 Å². The molecule has 0 aromatic carbocycles. The predicted octanol–water partition coefficient (Wildman–Crippen LogP) is 1.79. The molecule has 0 amide bonds. The molecule has 1 aliphatic rings. The lowest BCUT2D eigenvalue weighted by atomic mass is 10.1. The molecule has 0 radical (unpaired) electrons. The molecular formula is C14H9N4O+. The monoisotopic (exact) mass is 249 g/mol. The number of hydrogen-bond donors (Lipinski definition) is 0. The van der Waals surface area contributed by atoms with E-state index in [1.54, 1.807) is 6.20 Å². The molecular weight excluding hydrogens is 240 g/mol. The smallest absolute Gasteiger partial charge is 0.396 e. The van der Waals surface area contributed by atoms with Crippen LogP contribution in [0, 0.1) is 0 Å². The van der Waals surface area contributed by atoms with Crippen LogP contribution in [0.25, 0.3) is 28.3 Å². The van der Waals surface area contributed by atoms with E-state index in [1.165, 1.54) is 11.1 Å². The Hall–Kier alpha value is -2.69. The van der Waals surface area contributed by atoms with Crippen LogP contribution in [0.2, 0.25) is 0 Å². The maximum Gasteiger partial charge on any atom is 0.410 e. The SMILES string of the molecule is c1cnc2c(c1)oc1n3c(c[n+]21)-c1ccncc1C3. The Balaban J connectivity index is 1.93. The lowest BCUT2D eigenvalue weighted by molar-refractivity contribution is -0.486. The fourth-order valence-corrected chi connectivity index (χ4v) is 2.82. The van der Waals surface area contributed by atoms with E-state index in [0.29, 0.717) is 0 Å². The van der Waals surface area contributed by atoms with Crippen LogP contribution < -0.4 is 4.40 Å². The summed E-state index contributed by atoms with van der Waals surface area (Å²) >= 11 is 0. The lowest BCUT2D eigenvalue weighted by Crippen LogP contribution is -2.17. The van der Waals surface area contributed by atoms with Gasteiger partial charge in [0, 0.05) is 23.5 Å². The third-order valence-corrected chi connectivity index (χ3v) is 3.67. The molecule has 5 rings (SSSR count). The number of pyridine rings is 2. The largest absolute Gasteiger partial charge is 0.410 e. The van der Waals surface area contributed by atoms with E-state index in [-0.39, 0.29) is 0 Å². The minimum absolute atomic E-state index is 0.800. The molecule has 1 aliphatic heterocycles. The van der Waals surface area contributed by atoms with E-state index >= 15 is 0 Å². The zero-order chi connectivity index (χ0) is 12.4. The quantitative estimate of drug-likeness (QED) is 0.393. The molecule has 0 saturated carbocycles. The van der Waals surface area contributed by atoms with Crippen LogP contribution in [-0.4, -0.2) is 14.5 Å². The first-order chi connectivity index (χ1) is 9.42. The second-order valence-corrected chi connectivity index (χ2v) is 4.71. The Bertz CT molecular complexity index is 951. The van der Waals surface area contributed by atoms with E-state index in [0.717, 1.165) is 29.3 Å². The molecule has 0 fully saturated rings. The molecule has 0 aliphatic carbocycles. The predicted molar refractivity (Wildman–Crippen MR) is 67.5 cm³/mol. The van der Waals surface area contributed by atoms with Crippen LogP contribution in [0.15, 0.2) is 47.4 Å². The molecule has 0 N–H and O–H groups in total. The summed E-state index contributed by atoms with van der Waals surface area (Å²) in [4.78, 5) is 8.56. The number of fused-ring (bicyclic) bond motifs is 7. The van der Waals surface area contributed by atoms with Gasteiger partial charge in [-0.1, -0.05) is 0 Å². The second kappa shape index (κ2) is 3.00. The zero-order valence-electron chi connectivity index (χ0n) is 9.95. The summed E-state index contributed by atoms with van der Waals surface area (Å²) < 4.78 is 10.1. The number of imidazole rings is 1. The van der Waals surface area contributed by atoms with E-state index in [9.17, 15) is 0 Å². The summed E-state index contributed by atoms with van der Waals surface area (Å²) in [6.07, 6.45) is 7.61. The van der Waals surface area contributed by atoms with Gasteiger partial charge in [0.2, 0.25) is 5.58 Å². The van der Waals surface area contributed by atoms with Crippen molar-refractivity contribution in [3.63, 3.8) is 0 Å². The van der Waals surface area contributed by atoms with Gasteiger partial charge in [-0.2, -0.15) is 4.40 Å². The second-order valence-electron chi connectivity index (χ2n) is 4.71. The Morgan fingerprint density at radius 2 is 2.26 bits per heavy atom. The van der Waals surface area contributed by atoms with E-state index < -0.39 is 0 Å². The molecule has 0 bridgehead atoms. The van der Waals surface area contributed by atoms with Crippen LogP contribution >= 0.6 is 0 Å². The number of nitrogens with zero attached hydrogens (tertiary/aromatic N) is 4. The topological polar surface area (TPSA) is 48.0 Å². The Morgan fingerprint density at radius 1 is 1.26 bits per heavy atom. The van der Waals surface area contributed by atoms with Crippen molar-refractivity contribution in [2.45, 2.75) is 6.54 Å². The fraction of sp³-hybridized carbons (Fsp3) is 0.0714. The van der Waals surface area contributed by atoms with E-state index in [2.05, 4.69) is 20.7 Å². The summed E-state index contributed by atoms with van der Waals surface area (Å²) in [6.45, 7) is 0.800. The summed E-state index contributed by atoms with van der Waals surface area (Å²) in [5.41, 5.74) is 5.27. The van der Waals surface area contributed by atoms with Gasteiger partial charge in [0.25, 0.3) is 0 Å². The normalized spacial score (nSPS) is 13.1. The maximum atomic E-state index is 5.91. The van der Waals surface area contributed by atoms with Crippen LogP contribution in [0.1, 0.15) is 5.56 Å². The standard InChI is InChI=1S/C14H9N4O/c1-2-12-13(16-4-1)18-8-11-10-3-5-15-6-9(10)7-17(11)14(18)19-12/h1-6,8H,7H2/q+1. The molecule has 4 aromatic heterocycles.